The van der Waals surface area contributed by atoms with Crippen molar-refractivity contribution in [2.75, 3.05) is 19.0 Å². The Morgan fingerprint density at radius 2 is 2.04 bits per heavy atom. The number of esters is 1. The average molecular weight is 349 g/mol. The molecule has 0 radical (unpaired) electrons. The topological polar surface area (TPSA) is 102 Å². The van der Waals surface area contributed by atoms with Crippen LogP contribution in [-0.2, 0) is 9.53 Å². The van der Waals surface area contributed by atoms with Crippen LogP contribution in [-0.4, -0.2) is 46.9 Å². The predicted octanol–water partition coefficient (Wildman–Crippen LogP) is 2.58. The molecule has 0 spiro atoms. The van der Waals surface area contributed by atoms with Gasteiger partial charge < -0.3 is 15.0 Å². The summed E-state index contributed by atoms with van der Waals surface area (Å²) in [6.07, 6.45) is 1.96. The molecule has 1 aliphatic carbocycles. The highest BCUT2D eigenvalue weighted by atomic mass is 16.6. The van der Waals surface area contributed by atoms with Crippen LogP contribution in [0.5, 0.6) is 0 Å². The molecule has 1 fully saturated rings. The fourth-order valence-corrected chi connectivity index (χ4v) is 2.28. The van der Waals surface area contributed by atoms with Gasteiger partial charge in [0.15, 0.2) is 0 Å². The molecular formula is C17H23N3O5. The molecule has 1 aromatic carbocycles. The van der Waals surface area contributed by atoms with Crippen molar-refractivity contribution in [3.05, 3.63) is 33.9 Å². The number of nitrogens with one attached hydrogen (secondary N) is 1. The number of hydrogen-bond acceptors (Lipinski definition) is 6. The lowest BCUT2D eigenvalue weighted by Crippen LogP contribution is -2.51. The Bertz CT molecular complexity index is 698. The maximum Gasteiger partial charge on any atom is 0.331 e. The molecule has 0 atom stereocenters. The van der Waals surface area contributed by atoms with Crippen LogP contribution in [0.2, 0.25) is 0 Å². The minimum Gasteiger partial charge on any atom is -0.464 e. The highest BCUT2D eigenvalue weighted by Crippen LogP contribution is 2.32. The summed E-state index contributed by atoms with van der Waals surface area (Å²) in [6.45, 7) is 5.03. The Labute approximate surface area is 146 Å². The van der Waals surface area contributed by atoms with E-state index in [4.69, 9.17) is 4.74 Å². The maximum absolute atomic E-state index is 12.7. The molecule has 2 rings (SSSR count). The van der Waals surface area contributed by atoms with Crippen LogP contribution in [0.25, 0.3) is 0 Å². The summed E-state index contributed by atoms with van der Waals surface area (Å²) in [5.41, 5.74) is -0.795. The molecule has 136 valence electrons. The van der Waals surface area contributed by atoms with Gasteiger partial charge in [-0.25, -0.2) is 4.79 Å². The van der Waals surface area contributed by atoms with Crippen molar-refractivity contribution in [1.82, 2.24) is 4.90 Å². The van der Waals surface area contributed by atoms with E-state index in [1.807, 2.05) is 0 Å². The van der Waals surface area contributed by atoms with Crippen LogP contribution in [0.3, 0.4) is 0 Å². The molecule has 0 aliphatic heterocycles. The van der Waals surface area contributed by atoms with Crippen LogP contribution in [0.4, 0.5) is 11.4 Å². The number of hydrogen-bond donors (Lipinski definition) is 1. The van der Waals surface area contributed by atoms with E-state index in [0.29, 0.717) is 5.69 Å². The van der Waals surface area contributed by atoms with Crippen molar-refractivity contribution in [1.29, 1.82) is 0 Å². The summed E-state index contributed by atoms with van der Waals surface area (Å²) in [6, 6.07) is 4.56. The predicted molar refractivity (Wildman–Crippen MR) is 92.5 cm³/mol. The van der Waals surface area contributed by atoms with E-state index in [-0.39, 0.29) is 23.9 Å². The fourth-order valence-electron chi connectivity index (χ4n) is 2.28. The van der Waals surface area contributed by atoms with Crippen molar-refractivity contribution in [2.24, 2.45) is 0 Å². The number of benzene rings is 1. The molecule has 0 heterocycles. The van der Waals surface area contributed by atoms with Crippen molar-refractivity contribution < 1.29 is 19.2 Å². The van der Waals surface area contributed by atoms with Crippen LogP contribution in [0, 0.1) is 10.1 Å². The van der Waals surface area contributed by atoms with Gasteiger partial charge in [-0.1, -0.05) is 0 Å². The number of nitro groups is 1. The third kappa shape index (κ3) is 4.07. The van der Waals surface area contributed by atoms with E-state index in [2.05, 4.69) is 5.32 Å². The number of carbonyl (C=O) groups excluding carboxylic acids is 2. The molecule has 1 saturated carbocycles. The summed E-state index contributed by atoms with van der Waals surface area (Å²) in [5, 5.41) is 14.4. The second kappa shape index (κ2) is 7.08. The van der Waals surface area contributed by atoms with Gasteiger partial charge in [0.05, 0.1) is 11.5 Å². The zero-order valence-corrected chi connectivity index (χ0v) is 14.9. The summed E-state index contributed by atoms with van der Waals surface area (Å²) in [4.78, 5) is 36.8. The quantitative estimate of drug-likeness (QED) is 0.461. The molecule has 8 nitrogen and oxygen atoms in total. The standard InChI is InChI=1S/C17H23N3O5/c1-5-25-16(22)17(2,3)19(4)15(21)11-6-9-13(18-12-7-8-12)14(10-11)20(23)24/h6,9-10,12,18H,5,7-8H2,1-4H3. The lowest BCUT2D eigenvalue weighted by molar-refractivity contribution is -0.384. The number of likely N-dealkylation sites (N-methyl/N-ethyl adjacent to an activating group) is 1. The zero-order valence-electron chi connectivity index (χ0n) is 14.9. The summed E-state index contributed by atoms with van der Waals surface area (Å²) < 4.78 is 4.99. The lowest BCUT2D eigenvalue weighted by Gasteiger charge is -2.33. The first-order valence-corrected chi connectivity index (χ1v) is 8.18. The molecule has 0 saturated heterocycles. The van der Waals surface area contributed by atoms with Crippen molar-refractivity contribution >= 4 is 23.3 Å². The fraction of sp³-hybridized carbons (Fsp3) is 0.529. The number of anilines is 1. The van der Waals surface area contributed by atoms with E-state index >= 15 is 0 Å². The van der Waals surface area contributed by atoms with Gasteiger partial charge >= 0.3 is 5.97 Å². The minimum atomic E-state index is -1.19. The first-order valence-electron chi connectivity index (χ1n) is 8.18. The molecule has 0 aromatic heterocycles. The second-order valence-electron chi connectivity index (χ2n) is 6.55. The van der Waals surface area contributed by atoms with Gasteiger partial charge in [0.2, 0.25) is 0 Å². The molecule has 1 amide bonds. The lowest BCUT2D eigenvalue weighted by atomic mass is 10.0. The van der Waals surface area contributed by atoms with Crippen molar-refractivity contribution in [3.8, 4) is 0 Å². The van der Waals surface area contributed by atoms with Gasteiger partial charge in [-0.2, -0.15) is 0 Å². The highest BCUT2D eigenvalue weighted by molar-refractivity contribution is 5.98. The van der Waals surface area contributed by atoms with Crippen LogP contribution in [0.1, 0.15) is 44.0 Å². The monoisotopic (exact) mass is 349 g/mol. The number of ether oxygens (including phenoxy) is 1. The maximum atomic E-state index is 12.7. The number of rotatable bonds is 7. The molecule has 0 unspecified atom stereocenters. The molecule has 1 aromatic rings. The molecule has 8 heteroatoms. The highest BCUT2D eigenvalue weighted by Gasteiger charge is 2.37. The Morgan fingerprint density at radius 3 is 2.56 bits per heavy atom. The van der Waals surface area contributed by atoms with E-state index in [9.17, 15) is 19.7 Å². The Hall–Kier alpha value is -2.64. The van der Waals surface area contributed by atoms with Crippen LogP contribution < -0.4 is 5.32 Å². The molecule has 1 aliphatic rings. The molecule has 1 N–H and O–H groups in total. The number of amides is 1. The third-order valence-electron chi connectivity index (χ3n) is 4.30. The second-order valence-corrected chi connectivity index (χ2v) is 6.55. The largest absolute Gasteiger partial charge is 0.464 e. The van der Waals surface area contributed by atoms with Crippen molar-refractivity contribution in [3.63, 3.8) is 0 Å². The minimum absolute atomic E-state index is 0.146. The van der Waals surface area contributed by atoms with Crippen molar-refractivity contribution in [2.45, 2.75) is 45.2 Å². The normalized spacial score (nSPS) is 13.9. The van der Waals surface area contributed by atoms with E-state index in [0.717, 1.165) is 12.8 Å². The van der Waals surface area contributed by atoms with Gasteiger partial charge in [0.25, 0.3) is 11.6 Å². The summed E-state index contributed by atoms with van der Waals surface area (Å²) in [5.74, 6) is -1.02. The smallest absolute Gasteiger partial charge is 0.331 e. The van der Waals surface area contributed by atoms with Gasteiger partial charge in [0, 0.05) is 24.7 Å². The van der Waals surface area contributed by atoms with E-state index in [1.54, 1.807) is 20.8 Å². The Kier molecular flexibility index (Phi) is 5.30. The Morgan fingerprint density at radius 1 is 1.40 bits per heavy atom. The molecule has 25 heavy (non-hydrogen) atoms. The number of nitrogens with zero attached hydrogens (tertiary/aromatic N) is 2. The first-order chi connectivity index (χ1) is 11.7. The van der Waals surface area contributed by atoms with Crippen LogP contribution in [0.15, 0.2) is 18.2 Å². The summed E-state index contributed by atoms with van der Waals surface area (Å²) in [7, 11) is 1.47. The van der Waals surface area contributed by atoms with Crippen LogP contribution >= 0.6 is 0 Å². The molecular weight excluding hydrogens is 326 g/mol. The third-order valence-corrected chi connectivity index (χ3v) is 4.30. The summed E-state index contributed by atoms with van der Waals surface area (Å²) >= 11 is 0. The number of nitro benzene ring substituents is 1. The van der Waals surface area contributed by atoms with Gasteiger partial charge in [0.1, 0.15) is 11.2 Å². The van der Waals surface area contributed by atoms with E-state index in [1.165, 1.54) is 30.1 Å². The zero-order chi connectivity index (χ0) is 18.8. The van der Waals surface area contributed by atoms with E-state index < -0.39 is 22.3 Å². The SMILES string of the molecule is CCOC(=O)C(C)(C)N(C)C(=O)c1ccc(NC2CC2)c([N+](=O)[O-])c1. The average Bonchev–Trinajstić information content (AvgIpc) is 3.37. The van der Waals surface area contributed by atoms with Gasteiger partial charge in [-0.15, -0.1) is 0 Å². The first kappa shape index (κ1) is 18.7. The van der Waals surface area contributed by atoms with Gasteiger partial charge in [-0.3, -0.25) is 14.9 Å². The number of carbonyl (C=O) groups is 2. The van der Waals surface area contributed by atoms with Gasteiger partial charge in [-0.05, 0) is 45.7 Å². The Balaban J connectivity index is 2.27. The molecule has 0 bridgehead atoms.